The first-order chi connectivity index (χ1) is 39.2. The summed E-state index contributed by atoms with van der Waals surface area (Å²) in [6.07, 6.45) is 1.80. The van der Waals surface area contributed by atoms with E-state index in [4.69, 9.17) is 37.9 Å². The van der Waals surface area contributed by atoms with Crippen molar-refractivity contribution in [2.24, 2.45) is 0 Å². The summed E-state index contributed by atoms with van der Waals surface area (Å²) in [6, 6.07) is 47.3. The summed E-state index contributed by atoms with van der Waals surface area (Å²) >= 11 is 0. The van der Waals surface area contributed by atoms with Gasteiger partial charge in [-0.2, -0.15) is 0 Å². The van der Waals surface area contributed by atoms with Gasteiger partial charge in [-0.3, -0.25) is 14.5 Å². The Kier molecular flexibility index (Phi) is 20.3. The van der Waals surface area contributed by atoms with Crippen molar-refractivity contribution in [2.45, 2.75) is 91.6 Å². The predicted molar refractivity (Wildman–Crippen MR) is 308 cm³/mol. The van der Waals surface area contributed by atoms with Crippen molar-refractivity contribution in [3.63, 3.8) is 0 Å². The summed E-state index contributed by atoms with van der Waals surface area (Å²) in [5, 5.41) is 6.35. The Bertz CT molecular complexity index is 3510. The van der Waals surface area contributed by atoms with Gasteiger partial charge in [0.1, 0.15) is 60.9 Å². The number of rotatable bonds is 17. The minimum Gasteiger partial charge on any atom is -0.489 e. The molecule has 1 atom stereocenters. The Morgan fingerprint density at radius 1 is 0.512 bits per heavy atom. The van der Waals surface area contributed by atoms with Crippen LogP contribution in [0, 0.1) is 0 Å². The number of benzene rings is 6. The summed E-state index contributed by atoms with van der Waals surface area (Å²) in [5.41, 5.74) is 4.07. The van der Waals surface area contributed by atoms with Crippen LogP contribution in [0.4, 0.5) is 19.2 Å². The molecule has 0 fully saturated rings. The number of esters is 2. The van der Waals surface area contributed by atoms with Crippen molar-refractivity contribution in [2.75, 3.05) is 14.2 Å². The number of nitrogens with one attached hydrogen (secondary N) is 2. The number of amides is 2. The Morgan fingerprint density at radius 2 is 0.939 bits per heavy atom. The number of carbonyl (C=O) groups excluding carboxylic acids is 6. The Labute approximate surface area is 475 Å². The summed E-state index contributed by atoms with van der Waals surface area (Å²) in [5.74, 6) is -0.344. The van der Waals surface area contributed by atoms with E-state index in [1.54, 1.807) is 78.1 Å². The van der Waals surface area contributed by atoms with Gasteiger partial charge in [-0.15, -0.1) is 0 Å². The van der Waals surface area contributed by atoms with Gasteiger partial charge in [0.2, 0.25) is 0 Å². The predicted octanol–water partition coefficient (Wildman–Crippen LogP) is 12.5. The molecular weight excluding hydrogens is 1050 g/mol. The molecule has 8 rings (SSSR count). The van der Waals surface area contributed by atoms with Gasteiger partial charge >= 0.3 is 36.3 Å². The highest BCUT2D eigenvalue weighted by molar-refractivity contribution is 6.02. The van der Waals surface area contributed by atoms with Crippen LogP contribution in [0.5, 0.6) is 11.5 Å². The van der Waals surface area contributed by atoms with E-state index in [0.29, 0.717) is 57.6 Å². The number of hydrogen-bond donors (Lipinski definition) is 2. The number of hydrogen-bond acceptors (Lipinski definition) is 14. The Balaban J connectivity index is 0.000000236. The summed E-state index contributed by atoms with van der Waals surface area (Å²) in [7, 11) is 2.44. The number of fused-ring (bicyclic) bond motifs is 2. The van der Waals surface area contributed by atoms with Crippen molar-refractivity contribution < 1.29 is 66.7 Å². The average Bonchev–Trinajstić information content (AvgIpc) is 4.21. The molecule has 0 bridgehead atoms. The number of nitrogens with zero attached hydrogens (tertiary/aromatic N) is 2. The number of aromatic nitrogens is 2. The number of methoxy groups -OCH3 is 2. The minimum absolute atomic E-state index is 0.0187. The second-order valence-electron chi connectivity index (χ2n) is 20.6. The SMILES string of the molecule is COC(=O)/C(=C/c1cn(C(=O)OC(C)(C)C)c2cc(OCc3ccccc3)ccc12)NC(=O)OCc1ccccc1.COC(=O)[C@H](Cc1cn(C(=O)OC(C)(C)C)c2cc(OCc3ccccc3)ccc12)NC(=O)OCc1ccccc1. The molecule has 0 aliphatic heterocycles. The standard InChI is InChI=1S/C32H34N2O7.C32H32N2O7/c2*1-32(2,3)41-31(37)34-19-24(26-16-15-25(18-28(26)34)39-20-22-11-7-5-8-12-22)17-27(29(35)38-4)33-30(36)40-21-23-13-9-6-10-14-23/h5-16,18-19,27H,17,20-21H2,1-4H3,(H,33,36);5-19H,20-21H2,1-4H3,(H,33,36)/b;27-17-/t27-;/m0./s1. The lowest BCUT2D eigenvalue weighted by Crippen LogP contribution is -2.43. The maximum Gasteiger partial charge on any atom is 0.419 e. The Morgan fingerprint density at radius 3 is 1.39 bits per heavy atom. The van der Waals surface area contributed by atoms with Gasteiger partial charge < -0.3 is 43.2 Å². The fourth-order valence-electron chi connectivity index (χ4n) is 8.12. The molecule has 18 heteroatoms. The van der Waals surface area contributed by atoms with Gasteiger partial charge in [0, 0.05) is 47.3 Å². The maximum atomic E-state index is 13.2. The van der Waals surface area contributed by atoms with Crippen LogP contribution < -0.4 is 20.1 Å². The van der Waals surface area contributed by atoms with Gasteiger partial charge in [0.15, 0.2) is 0 Å². The molecule has 2 heterocycles. The smallest absolute Gasteiger partial charge is 0.419 e. The van der Waals surface area contributed by atoms with Crippen LogP contribution in [0.2, 0.25) is 0 Å². The van der Waals surface area contributed by atoms with Gasteiger partial charge in [0.05, 0.1) is 25.3 Å². The topological polar surface area (TPSA) is 210 Å². The molecule has 0 saturated heterocycles. The lowest BCUT2D eigenvalue weighted by molar-refractivity contribution is -0.143. The third-order valence-corrected chi connectivity index (χ3v) is 11.9. The molecule has 8 aromatic rings. The molecular formula is C64H66N4O14. The van der Waals surface area contributed by atoms with Gasteiger partial charge in [0.25, 0.3) is 0 Å². The number of carbonyl (C=O) groups is 6. The fraction of sp³-hybridized carbons (Fsp3) is 0.250. The lowest BCUT2D eigenvalue weighted by atomic mass is 10.0. The van der Waals surface area contributed by atoms with Crippen LogP contribution in [0.1, 0.15) is 74.9 Å². The number of ether oxygens (including phenoxy) is 8. The molecule has 2 amide bonds. The van der Waals surface area contributed by atoms with Crippen LogP contribution in [0.3, 0.4) is 0 Å². The van der Waals surface area contributed by atoms with Crippen molar-refractivity contribution in [3.8, 4) is 11.5 Å². The molecule has 82 heavy (non-hydrogen) atoms. The van der Waals surface area contributed by atoms with Crippen molar-refractivity contribution in [1.82, 2.24) is 19.8 Å². The van der Waals surface area contributed by atoms with Crippen molar-refractivity contribution in [3.05, 3.63) is 209 Å². The third-order valence-electron chi connectivity index (χ3n) is 11.9. The van der Waals surface area contributed by atoms with Crippen molar-refractivity contribution >= 4 is 64.2 Å². The summed E-state index contributed by atoms with van der Waals surface area (Å²) in [4.78, 5) is 76.7. The van der Waals surface area contributed by atoms with E-state index in [0.717, 1.165) is 22.3 Å². The minimum atomic E-state index is -1.06. The van der Waals surface area contributed by atoms with Crippen LogP contribution in [-0.2, 0) is 70.9 Å². The zero-order valence-electron chi connectivity index (χ0n) is 47.0. The molecule has 2 N–H and O–H groups in total. The second kappa shape index (κ2) is 27.8. The van der Waals surface area contributed by atoms with Gasteiger partial charge in [-0.1, -0.05) is 121 Å². The van der Waals surface area contributed by atoms with E-state index in [2.05, 4.69) is 10.6 Å². The van der Waals surface area contributed by atoms with Crippen LogP contribution in [-0.4, -0.2) is 76.9 Å². The zero-order valence-corrected chi connectivity index (χ0v) is 47.0. The fourth-order valence-corrected chi connectivity index (χ4v) is 8.12. The van der Waals surface area contributed by atoms with Crippen LogP contribution >= 0.6 is 0 Å². The first-order valence-corrected chi connectivity index (χ1v) is 26.2. The summed E-state index contributed by atoms with van der Waals surface area (Å²) in [6.45, 7) is 11.4. The highest BCUT2D eigenvalue weighted by Gasteiger charge is 2.28. The first kappa shape index (κ1) is 59.8. The molecule has 0 aliphatic rings. The summed E-state index contributed by atoms with van der Waals surface area (Å²) < 4.78 is 46.3. The monoisotopic (exact) mass is 1110 g/mol. The van der Waals surface area contributed by atoms with E-state index in [1.165, 1.54) is 35.6 Å². The van der Waals surface area contributed by atoms with Crippen LogP contribution in [0.15, 0.2) is 176 Å². The molecule has 0 unspecified atom stereocenters. The molecule has 0 radical (unpaired) electrons. The first-order valence-electron chi connectivity index (χ1n) is 26.2. The third kappa shape index (κ3) is 17.6. The highest BCUT2D eigenvalue weighted by atomic mass is 16.6. The van der Waals surface area contributed by atoms with Crippen LogP contribution in [0.25, 0.3) is 27.9 Å². The van der Waals surface area contributed by atoms with E-state index in [-0.39, 0.29) is 25.3 Å². The maximum absolute atomic E-state index is 13.2. The molecule has 0 aliphatic carbocycles. The van der Waals surface area contributed by atoms with E-state index in [9.17, 15) is 28.8 Å². The average molecular weight is 1120 g/mol. The molecule has 6 aromatic carbocycles. The largest absolute Gasteiger partial charge is 0.489 e. The van der Waals surface area contributed by atoms with Gasteiger partial charge in [-0.05, 0) is 99.7 Å². The van der Waals surface area contributed by atoms with E-state index >= 15 is 0 Å². The zero-order chi connectivity index (χ0) is 58.8. The van der Waals surface area contributed by atoms with Gasteiger partial charge in [-0.25, -0.2) is 28.8 Å². The van der Waals surface area contributed by atoms with E-state index < -0.39 is 53.6 Å². The van der Waals surface area contributed by atoms with Crippen molar-refractivity contribution in [1.29, 1.82) is 0 Å². The normalized spacial score (nSPS) is 11.7. The quantitative estimate of drug-likeness (QED) is 0.0494. The molecule has 0 spiro atoms. The Hall–Kier alpha value is -9.84. The molecule has 426 valence electrons. The molecule has 0 saturated carbocycles. The highest BCUT2D eigenvalue weighted by Crippen LogP contribution is 2.31. The van der Waals surface area contributed by atoms with E-state index in [1.807, 2.05) is 127 Å². The lowest BCUT2D eigenvalue weighted by Gasteiger charge is -2.20. The molecule has 18 nitrogen and oxygen atoms in total. The second-order valence-corrected chi connectivity index (χ2v) is 20.6. The molecule has 2 aromatic heterocycles. The number of alkyl carbamates (subject to hydrolysis) is 2.